The number of hydrogen-bond acceptors (Lipinski definition) is 2. The molecule has 2 aromatic rings. The maximum absolute atomic E-state index is 6.26. The van der Waals surface area contributed by atoms with E-state index in [1.54, 1.807) is 0 Å². The lowest BCUT2D eigenvalue weighted by Crippen LogP contribution is -2.30. The second-order valence-corrected chi connectivity index (χ2v) is 6.28. The molecule has 0 aliphatic heterocycles. The first-order valence-corrected chi connectivity index (χ1v) is 8.02. The summed E-state index contributed by atoms with van der Waals surface area (Å²) in [6.07, 6.45) is 4.39. The highest BCUT2D eigenvalue weighted by Crippen LogP contribution is 2.36. The molecule has 3 rings (SSSR count). The Hall–Kier alpha value is -1.61. The Balaban J connectivity index is 2.09. The Morgan fingerprint density at radius 2 is 1.77 bits per heavy atom. The van der Waals surface area contributed by atoms with Crippen LogP contribution < -0.4 is 5.73 Å². The molecule has 0 bridgehead atoms. The van der Waals surface area contributed by atoms with Crippen molar-refractivity contribution in [1.29, 1.82) is 0 Å². The molecule has 0 aromatic heterocycles. The minimum Gasteiger partial charge on any atom is -0.329 e. The standard InChI is InChI=1S/C19H21ClN2/c1-22(11-10-21)13-19-17-5-3-2-4-14(17)6-7-15-8-9-16(20)12-18(15)19/h2-9,12,19H,10-11,13,21H2,1H3. The third kappa shape index (κ3) is 3.09. The highest BCUT2D eigenvalue weighted by atomic mass is 35.5. The van der Waals surface area contributed by atoms with Crippen molar-refractivity contribution in [3.8, 4) is 0 Å². The molecule has 0 spiro atoms. The molecule has 2 N–H and O–H groups in total. The monoisotopic (exact) mass is 312 g/mol. The average Bonchev–Trinajstić information content (AvgIpc) is 2.66. The fraction of sp³-hybridized carbons (Fsp3) is 0.263. The summed E-state index contributed by atoms with van der Waals surface area (Å²) in [4.78, 5) is 2.29. The summed E-state index contributed by atoms with van der Waals surface area (Å²) in [5.41, 5.74) is 10.9. The molecule has 1 aliphatic carbocycles. The number of rotatable bonds is 4. The van der Waals surface area contributed by atoms with Crippen LogP contribution in [0, 0.1) is 0 Å². The molecule has 3 heteroatoms. The molecule has 2 aromatic carbocycles. The van der Waals surface area contributed by atoms with Crippen LogP contribution in [-0.4, -0.2) is 31.6 Å². The van der Waals surface area contributed by atoms with Gasteiger partial charge in [-0.15, -0.1) is 0 Å². The van der Waals surface area contributed by atoms with E-state index in [2.05, 4.69) is 60.5 Å². The van der Waals surface area contributed by atoms with Crippen LogP contribution in [0.3, 0.4) is 0 Å². The van der Waals surface area contributed by atoms with Crippen LogP contribution in [0.25, 0.3) is 12.2 Å². The minimum absolute atomic E-state index is 0.302. The van der Waals surface area contributed by atoms with Crippen LogP contribution in [0.4, 0.5) is 0 Å². The van der Waals surface area contributed by atoms with Crippen LogP contribution in [0.5, 0.6) is 0 Å². The quantitative estimate of drug-likeness (QED) is 0.929. The molecule has 1 atom stereocenters. The van der Waals surface area contributed by atoms with Crippen molar-refractivity contribution in [2.75, 3.05) is 26.7 Å². The number of benzene rings is 2. The van der Waals surface area contributed by atoms with E-state index in [-0.39, 0.29) is 0 Å². The molecule has 0 fully saturated rings. The SMILES string of the molecule is CN(CCN)CC1c2ccccc2C=Cc2ccc(Cl)cc21. The lowest BCUT2D eigenvalue weighted by molar-refractivity contribution is 0.332. The van der Waals surface area contributed by atoms with Gasteiger partial charge in [-0.3, -0.25) is 0 Å². The van der Waals surface area contributed by atoms with E-state index >= 15 is 0 Å². The highest BCUT2D eigenvalue weighted by molar-refractivity contribution is 6.30. The molecule has 114 valence electrons. The van der Waals surface area contributed by atoms with Crippen LogP contribution in [0.1, 0.15) is 28.2 Å². The van der Waals surface area contributed by atoms with Gasteiger partial charge in [0.05, 0.1) is 0 Å². The maximum Gasteiger partial charge on any atom is 0.0409 e. The molecule has 2 nitrogen and oxygen atoms in total. The van der Waals surface area contributed by atoms with Crippen molar-refractivity contribution in [2.24, 2.45) is 5.73 Å². The molecule has 0 saturated carbocycles. The van der Waals surface area contributed by atoms with E-state index in [4.69, 9.17) is 17.3 Å². The van der Waals surface area contributed by atoms with Crippen LogP contribution in [-0.2, 0) is 0 Å². The fourth-order valence-electron chi connectivity index (χ4n) is 3.15. The van der Waals surface area contributed by atoms with E-state index in [0.29, 0.717) is 12.5 Å². The van der Waals surface area contributed by atoms with Gasteiger partial charge in [-0.1, -0.05) is 54.1 Å². The Bertz CT molecular complexity index is 694. The fourth-order valence-corrected chi connectivity index (χ4v) is 3.33. The summed E-state index contributed by atoms with van der Waals surface area (Å²) >= 11 is 6.26. The average molecular weight is 313 g/mol. The summed E-state index contributed by atoms with van der Waals surface area (Å²) in [7, 11) is 2.12. The smallest absolute Gasteiger partial charge is 0.0409 e. The molecular weight excluding hydrogens is 292 g/mol. The molecule has 1 aliphatic rings. The number of halogens is 1. The van der Waals surface area contributed by atoms with E-state index in [0.717, 1.165) is 18.1 Å². The van der Waals surface area contributed by atoms with Crippen LogP contribution in [0.15, 0.2) is 42.5 Å². The first kappa shape index (κ1) is 15.3. The van der Waals surface area contributed by atoms with Gasteiger partial charge in [0.15, 0.2) is 0 Å². The number of hydrogen-bond donors (Lipinski definition) is 1. The topological polar surface area (TPSA) is 29.3 Å². The molecular formula is C19H21ClN2. The Morgan fingerprint density at radius 1 is 1.05 bits per heavy atom. The minimum atomic E-state index is 0.302. The molecule has 1 unspecified atom stereocenters. The van der Waals surface area contributed by atoms with Crippen molar-refractivity contribution >= 4 is 23.8 Å². The van der Waals surface area contributed by atoms with E-state index in [9.17, 15) is 0 Å². The number of nitrogens with two attached hydrogens (primary N) is 1. The summed E-state index contributed by atoms with van der Waals surface area (Å²) in [5, 5.41) is 0.790. The van der Waals surface area contributed by atoms with Crippen LogP contribution >= 0.6 is 11.6 Å². The predicted molar refractivity (Wildman–Crippen MR) is 95.2 cm³/mol. The Labute approximate surface area is 137 Å². The molecule has 0 heterocycles. The Morgan fingerprint density at radius 3 is 2.55 bits per heavy atom. The summed E-state index contributed by atoms with van der Waals surface area (Å²) in [5.74, 6) is 0.302. The first-order chi connectivity index (χ1) is 10.7. The van der Waals surface area contributed by atoms with E-state index < -0.39 is 0 Å². The molecule has 22 heavy (non-hydrogen) atoms. The van der Waals surface area contributed by atoms with E-state index in [1.165, 1.54) is 22.3 Å². The zero-order chi connectivity index (χ0) is 15.5. The zero-order valence-electron chi connectivity index (χ0n) is 12.8. The Kier molecular flexibility index (Phi) is 4.63. The van der Waals surface area contributed by atoms with Crippen LogP contribution in [0.2, 0.25) is 5.02 Å². The predicted octanol–water partition coefficient (Wildman–Crippen LogP) is 3.85. The van der Waals surface area contributed by atoms with Gasteiger partial charge < -0.3 is 10.6 Å². The molecule has 0 radical (unpaired) electrons. The van der Waals surface area contributed by atoms with Gasteiger partial charge in [-0.2, -0.15) is 0 Å². The van der Waals surface area contributed by atoms with Crippen molar-refractivity contribution in [2.45, 2.75) is 5.92 Å². The van der Waals surface area contributed by atoms with Gasteiger partial charge in [-0.25, -0.2) is 0 Å². The number of likely N-dealkylation sites (N-methyl/N-ethyl adjacent to an activating group) is 1. The summed E-state index contributed by atoms with van der Waals surface area (Å²) in [6.45, 7) is 2.50. The van der Waals surface area contributed by atoms with Crippen molar-refractivity contribution in [3.05, 3.63) is 69.7 Å². The highest BCUT2D eigenvalue weighted by Gasteiger charge is 2.22. The summed E-state index contributed by atoms with van der Waals surface area (Å²) < 4.78 is 0. The van der Waals surface area contributed by atoms with Gasteiger partial charge in [-0.05, 0) is 41.4 Å². The lowest BCUT2D eigenvalue weighted by atomic mass is 9.87. The van der Waals surface area contributed by atoms with Gasteiger partial charge in [0, 0.05) is 30.6 Å². The normalized spacial score (nSPS) is 16.3. The van der Waals surface area contributed by atoms with Gasteiger partial charge in [0.25, 0.3) is 0 Å². The first-order valence-electron chi connectivity index (χ1n) is 7.64. The third-order valence-electron chi connectivity index (χ3n) is 4.24. The van der Waals surface area contributed by atoms with E-state index in [1.807, 2.05) is 6.07 Å². The number of fused-ring (bicyclic) bond motifs is 2. The van der Waals surface area contributed by atoms with Crippen molar-refractivity contribution in [3.63, 3.8) is 0 Å². The van der Waals surface area contributed by atoms with Gasteiger partial charge in [0.2, 0.25) is 0 Å². The summed E-state index contributed by atoms with van der Waals surface area (Å²) in [6, 6.07) is 14.8. The van der Waals surface area contributed by atoms with Crippen molar-refractivity contribution in [1.82, 2.24) is 4.90 Å². The van der Waals surface area contributed by atoms with Gasteiger partial charge in [0.1, 0.15) is 0 Å². The number of nitrogens with zero attached hydrogens (tertiary/aromatic N) is 1. The van der Waals surface area contributed by atoms with Crippen molar-refractivity contribution < 1.29 is 0 Å². The third-order valence-corrected chi connectivity index (χ3v) is 4.48. The van der Waals surface area contributed by atoms with Gasteiger partial charge >= 0.3 is 0 Å². The maximum atomic E-state index is 6.26. The largest absolute Gasteiger partial charge is 0.329 e. The second kappa shape index (κ2) is 6.66. The zero-order valence-corrected chi connectivity index (χ0v) is 13.6. The lowest BCUT2D eigenvalue weighted by Gasteiger charge is -2.26. The molecule has 0 amide bonds. The molecule has 0 saturated heterocycles. The second-order valence-electron chi connectivity index (χ2n) is 5.84.